The van der Waals surface area contributed by atoms with Crippen molar-refractivity contribution in [2.24, 2.45) is 5.92 Å². The lowest BCUT2D eigenvalue weighted by Gasteiger charge is -2.36. The summed E-state index contributed by atoms with van der Waals surface area (Å²) in [6, 6.07) is 16.8. The van der Waals surface area contributed by atoms with E-state index in [0.717, 1.165) is 55.7 Å². The minimum absolute atomic E-state index is 0. The number of aromatic nitrogens is 1. The molecule has 4 rings (SSSR count). The number of rotatable bonds is 11. The maximum atomic E-state index is 12.0. The Morgan fingerprint density at radius 2 is 1.76 bits per heavy atom. The van der Waals surface area contributed by atoms with Gasteiger partial charge in [-0.1, -0.05) is 49.6 Å². The summed E-state index contributed by atoms with van der Waals surface area (Å²) in [5, 5.41) is 12.0. The van der Waals surface area contributed by atoms with Crippen molar-refractivity contribution in [3.05, 3.63) is 83.6 Å². The van der Waals surface area contributed by atoms with Gasteiger partial charge in [0.15, 0.2) is 11.4 Å². The zero-order valence-corrected chi connectivity index (χ0v) is 24.2. The highest BCUT2D eigenvalue weighted by Crippen LogP contribution is 2.43. The molecule has 38 heavy (non-hydrogen) atoms. The molecule has 8 heteroatoms. The van der Waals surface area contributed by atoms with Crippen molar-refractivity contribution in [1.82, 2.24) is 4.98 Å². The number of carbonyl (C=O) groups is 1. The number of aliphatic hydroxyl groups is 1. The Kier molecular flexibility index (Phi) is 10.5. The lowest BCUT2D eigenvalue weighted by atomic mass is 9.73. The predicted molar refractivity (Wildman–Crippen MR) is 141 cm³/mol. The van der Waals surface area contributed by atoms with Crippen LogP contribution in [0.3, 0.4) is 0 Å². The monoisotopic (exact) mass is 586 g/mol. The maximum Gasteiger partial charge on any atom is 0.337 e. The molecule has 1 saturated carbocycles. The third-order valence-corrected chi connectivity index (χ3v) is 7.33. The van der Waals surface area contributed by atoms with Crippen molar-refractivity contribution in [1.29, 1.82) is 0 Å². The van der Waals surface area contributed by atoms with Crippen LogP contribution < -0.4 is 21.7 Å². The van der Waals surface area contributed by atoms with Gasteiger partial charge in [-0.05, 0) is 42.7 Å². The van der Waals surface area contributed by atoms with Gasteiger partial charge in [0.05, 0.1) is 46.1 Å². The first-order valence-corrected chi connectivity index (χ1v) is 13.2. The van der Waals surface area contributed by atoms with Crippen molar-refractivity contribution in [3.63, 3.8) is 0 Å². The Morgan fingerprint density at radius 1 is 1.08 bits per heavy atom. The van der Waals surface area contributed by atoms with Crippen LogP contribution in [0, 0.1) is 5.92 Å². The van der Waals surface area contributed by atoms with Gasteiger partial charge in [0, 0.05) is 12.3 Å². The van der Waals surface area contributed by atoms with Gasteiger partial charge in [-0.3, -0.25) is 0 Å². The minimum atomic E-state index is -1.21. The molecule has 1 heterocycles. The number of hydrogen-bond donors (Lipinski definition) is 1. The van der Waals surface area contributed by atoms with Crippen LogP contribution in [0.4, 0.5) is 0 Å². The minimum Gasteiger partial charge on any atom is -1.00 e. The number of benzene rings is 2. The number of carbonyl (C=O) groups excluding carboxylic acids is 1. The van der Waals surface area contributed by atoms with Gasteiger partial charge in [-0.25, -0.2) is 9.78 Å². The van der Waals surface area contributed by atoms with E-state index < -0.39 is 5.60 Å². The fourth-order valence-corrected chi connectivity index (χ4v) is 5.29. The molecule has 3 aromatic rings. The van der Waals surface area contributed by atoms with Crippen molar-refractivity contribution in [2.45, 2.75) is 50.7 Å². The number of esters is 1. The van der Waals surface area contributed by atoms with Gasteiger partial charge in [0.25, 0.3) is 0 Å². The molecule has 1 aromatic heterocycles. The first kappa shape index (κ1) is 29.9. The Bertz CT molecular complexity index is 1140. The number of quaternary nitrogens is 1. The Morgan fingerprint density at radius 3 is 2.42 bits per heavy atom. The molecule has 1 unspecified atom stereocenters. The normalized spacial score (nSPS) is 15.8. The number of oxazole rings is 1. The molecular weight excluding hydrogens is 548 g/mol. The smallest absolute Gasteiger partial charge is 0.337 e. The van der Waals surface area contributed by atoms with Crippen LogP contribution in [-0.2, 0) is 16.9 Å². The quantitative estimate of drug-likeness (QED) is 0.211. The molecule has 206 valence electrons. The summed E-state index contributed by atoms with van der Waals surface area (Å²) in [6.07, 6.45) is 8.01. The molecule has 0 saturated heterocycles. The fourth-order valence-electron chi connectivity index (χ4n) is 5.29. The molecular formula is C30H39BrN2O5. The molecule has 1 aliphatic rings. The second-order valence-electron chi connectivity index (χ2n) is 10.6. The van der Waals surface area contributed by atoms with Crippen LogP contribution >= 0.6 is 0 Å². The van der Waals surface area contributed by atoms with E-state index in [1.165, 1.54) is 13.5 Å². The molecule has 0 aliphatic heterocycles. The van der Waals surface area contributed by atoms with Gasteiger partial charge in [0.1, 0.15) is 12.3 Å². The van der Waals surface area contributed by atoms with E-state index in [1.807, 2.05) is 30.3 Å². The number of halogens is 1. The average molecular weight is 588 g/mol. The molecule has 0 radical (unpaired) electrons. The van der Waals surface area contributed by atoms with E-state index in [9.17, 15) is 9.90 Å². The standard InChI is InChI=1S/C30H39N2O5.BrH/c1-32(2,19-10-20-36-26-17-15-23(16-18-26)28(33)35-3)22-27-21-31-29(37-27)30(34,24-11-6-4-7-12-24)25-13-8-5-9-14-25;/h4,6-7,11-12,15-18,21,25,34H,5,8-10,13-14,19-20,22H2,1-3H3;1H/q+1;/p-1. The van der Waals surface area contributed by atoms with Crippen molar-refractivity contribution >= 4 is 5.97 Å². The van der Waals surface area contributed by atoms with Crippen LogP contribution in [-0.4, -0.2) is 54.9 Å². The van der Waals surface area contributed by atoms with Gasteiger partial charge >= 0.3 is 5.97 Å². The lowest BCUT2D eigenvalue weighted by Crippen LogP contribution is -3.00. The first-order chi connectivity index (χ1) is 17.8. The van der Waals surface area contributed by atoms with Crippen molar-refractivity contribution < 1.29 is 45.3 Å². The third-order valence-electron chi connectivity index (χ3n) is 7.33. The number of hydrogen-bond acceptors (Lipinski definition) is 6. The van der Waals surface area contributed by atoms with Crippen LogP contribution in [0.5, 0.6) is 5.75 Å². The molecule has 1 aliphatic carbocycles. The Hall–Kier alpha value is -2.68. The zero-order chi connectivity index (χ0) is 26.3. The summed E-state index contributed by atoms with van der Waals surface area (Å²) in [7, 11) is 5.67. The summed E-state index contributed by atoms with van der Waals surface area (Å²) in [6.45, 7) is 2.11. The highest BCUT2D eigenvalue weighted by molar-refractivity contribution is 5.89. The van der Waals surface area contributed by atoms with Gasteiger partial charge < -0.3 is 40.5 Å². The largest absolute Gasteiger partial charge is 1.00 e. The zero-order valence-electron chi connectivity index (χ0n) is 22.6. The Labute approximate surface area is 236 Å². The summed E-state index contributed by atoms with van der Waals surface area (Å²) in [5.41, 5.74) is 0.136. The molecule has 0 amide bonds. The highest BCUT2D eigenvalue weighted by atomic mass is 79.9. The molecule has 2 aromatic carbocycles. The Balaban J connectivity index is 0.00000400. The topological polar surface area (TPSA) is 81.8 Å². The van der Waals surface area contributed by atoms with Gasteiger partial charge in [-0.15, -0.1) is 0 Å². The van der Waals surface area contributed by atoms with E-state index in [4.69, 9.17) is 13.9 Å². The molecule has 0 bridgehead atoms. The summed E-state index contributed by atoms with van der Waals surface area (Å²) in [5.74, 6) is 1.63. The fraction of sp³-hybridized carbons (Fsp3) is 0.467. The molecule has 0 spiro atoms. The van der Waals surface area contributed by atoms with Crippen LogP contribution in [0.2, 0.25) is 0 Å². The number of nitrogens with zero attached hydrogens (tertiary/aromatic N) is 2. The average Bonchev–Trinajstić information content (AvgIpc) is 3.39. The van der Waals surface area contributed by atoms with E-state index >= 15 is 0 Å². The van der Waals surface area contributed by atoms with Crippen molar-refractivity contribution in [3.8, 4) is 5.75 Å². The second kappa shape index (κ2) is 13.4. The van der Waals surface area contributed by atoms with Gasteiger partial charge in [-0.2, -0.15) is 0 Å². The van der Waals surface area contributed by atoms with E-state index in [1.54, 1.807) is 30.5 Å². The molecule has 7 nitrogen and oxygen atoms in total. The highest BCUT2D eigenvalue weighted by Gasteiger charge is 2.44. The van der Waals surface area contributed by atoms with Crippen molar-refractivity contribution in [2.75, 3.05) is 34.4 Å². The maximum absolute atomic E-state index is 12.0. The van der Waals surface area contributed by atoms with Crippen LogP contribution in [0.1, 0.15) is 66.1 Å². The third kappa shape index (κ3) is 7.24. The summed E-state index contributed by atoms with van der Waals surface area (Å²) in [4.78, 5) is 16.2. The van der Waals surface area contributed by atoms with E-state index in [0.29, 0.717) is 29.1 Å². The lowest BCUT2D eigenvalue weighted by molar-refractivity contribution is -0.904. The molecule has 1 N–H and O–H groups in total. The number of ether oxygens (including phenoxy) is 2. The van der Waals surface area contributed by atoms with Crippen LogP contribution in [0.25, 0.3) is 0 Å². The molecule has 1 atom stereocenters. The summed E-state index contributed by atoms with van der Waals surface area (Å²) >= 11 is 0. The van der Waals surface area contributed by atoms with Gasteiger partial charge in [0.2, 0.25) is 5.89 Å². The predicted octanol–water partition coefficient (Wildman–Crippen LogP) is 2.33. The van der Waals surface area contributed by atoms with E-state index in [2.05, 4.69) is 19.1 Å². The summed E-state index contributed by atoms with van der Waals surface area (Å²) < 4.78 is 17.5. The second-order valence-corrected chi connectivity index (χ2v) is 10.6. The number of methoxy groups -OCH3 is 1. The van der Waals surface area contributed by atoms with E-state index in [-0.39, 0.29) is 28.9 Å². The SMILES string of the molecule is COC(=O)c1ccc(OCCC[N+](C)(C)Cc2cnc(C(O)(c3ccccc3)C3CCCCC3)o2)cc1.[Br-]. The molecule has 1 fully saturated rings. The van der Waals surface area contributed by atoms with Crippen LogP contribution in [0.15, 0.2) is 65.2 Å². The first-order valence-electron chi connectivity index (χ1n) is 13.2.